The largest absolute Gasteiger partial charge is 0.388 e. The molecule has 0 unspecified atom stereocenters. The average Bonchev–Trinajstić information content (AvgIpc) is 3.08. The number of ether oxygens (including phenoxy) is 1. The first kappa shape index (κ1) is 17.4. The Morgan fingerprint density at radius 1 is 1.21 bits per heavy atom. The number of nitrogens with zero attached hydrogens (tertiary/aromatic N) is 2. The lowest BCUT2D eigenvalue weighted by Gasteiger charge is -2.29. The van der Waals surface area contributed by atoms with Crippen molar-refractivity contribution in [2.75, 3.05) is 39.4 Å². The first-order valence-corrected chi connectivity index (χ1v) is 9.06. The number of aliphatic hydroxyl groups excluding tert-OH is 1. The Morgan fingerprint density at radius 2 is 1.96 bits per heavy atom. The molecule has 0 aromatic heterocycles. The summed E-state index contributed by atoms with van der Waals surface area (Å²) in [6, 6.07) is 10.2. The zero-order valence-corrected chi connectivity index (χ0v) is 14.3. The normalized spacial score (nSPS) is 23.4. The molecule has 2 aliphatic heterocycles. The highest BCUT2D eigenvalue weighted by atomic mass is 16.5. The van der Waals surface area contributed by atoms with Crippen molar-refractivity contribution in [2.24, 2.45) is 0 Å². The summed E-state index contributed by atoms with van der Waals surface area (Å²) in [5.74, 6) is 0.229. The van der Waals surface area contributed by atoms with Gasteiger partial charge < -0.3 is 14.7 Å². The van der Waals surface area contributed by atoms with Gasteiger partial charge in [0.15, 0.2) is 0 Å². The maximum absolute atomic E-state index is 12.3. The second-order valence-corrected chi connectivity index (χ2v) is 6.74. The Balaban J connectivity index is 1.47. The molecule has 0 spiro atoms. The number of carbonyl (C=O) groups is 1. The Bertz CT molecular complexity index is 517. The molecule has 1 aromatic rings. The average molecular weight is 332 g/mol. The Kier molecular flexibility index (Phi) is 6.24. The number of hydrogen-bond donors (Lipinski definition) is 1. The standard InChI is InChI=1S/C19H28N2O3/c22-18(16-5-2-1-3-6-16)15-17-7-4-9-20(17)10-8-19(23)21-11-13-24-14-12-21/h1-3,5-6,17-18,22H,4,7-15H2/t17-,18+/m1/s1. The molecule has 5 heteroatoms. The van der Waals surface area contributed by atoms with Crippen LogP contribution in [0.15, 0.2) is 30.3 Å². The fraction of sp³-hybridized carbons (Fsp3) is 0.632. The highest BCUT2D eigenvalue weighted by Crippen LogP contribution is 2.27. The molecule has 1 aromatic carbocycles. The summed E-state index contributed by atoms with van der Waals surface area (Å²) in [5.41, 5.74) is 0.980. The lowest BCUT2D eigenvalue weighted by atomic mass is 10.0. The summed E-state index contributed by atoms with van der Waals surface area (Å²) >= 11 is 0. The number of carbonyl (C=O) groups excluding carboxylic acids is 1. The fourth-order valence-corrected chi connectivity index (χ4v) is 3.74. The van der Waals surface area contributed by atoms with E-state index in [0.717, 1.165) is 51.0 Å². The van der Waals surface area contributed by atoms with Gasteiger partial charge in [0.2, 0.25) is 5.91 Å². The Hall–Kier alpha value is -1.43. The van der Waals surface area contributed by atoms with Crippen molar-refractivity contribution in [1.82, 2.24) is 9.80 Å². The third kappa shape index (κ3) is 4.56. The summed E-state index contributed by atoms with van der Waals surface area (Å²) in [6.07, 6.45) is 3.15. The third-order valence-corrected chi connectivity index (χ3v) is 5.16. The number of morpholine rings is 1. The van der Waals surface area contributed by atoms with Gasteiger partial charge in [-0.3, -0.25) is 9.69 Å². The molecule has 132 valence electrons. The van der Waals surface area contributed by atoms with E-state index in [1.165, 1.54) is 0 Å². The number of likely N-dealkylation sites (tertiary alicyclic amines) is 1. The van der Waals surface area contributed by atoms with E-state index in [2.05, 4.69) is 4.90 Å². The topological polar surface area (TPSA) is 53.0 Å². The number of benzene rings is 1. The first-order valence-electron chi connectivity index (χ1n) is 9.06. The molecular weight excluding hydrogens is 304 g/mol. The molecule has 0 bridgehead atoms. The molecule has 2 aliphatic rings. The van der Waals surface area contributed by atoms with Gasteiger partial charge in [-0.05, 0) is 31.4 Å². The van der Waals surface area contributed by atoms with E-state index in [0.29, 0.717) is 25.7 Å². The fourth-order valence-electron chi connectivity index (χ4n) is 3.74. The second-order valence-electron chi connectivity index (χ2n) is 6.74. The van der Waals surface area contributed by atoms with E-state index < -0.39 is 6.10 Å². The van der Waals surface area contributed by atoms with Crippen molar-refractivity contribution >= 4 is 5.91 Å². The van der Waals surface area contributed by atoms with Gasteiger partial charge in [-0.1, -0.05) is 30.3 Å². The van der Waals surface area contributed by atoms with Crippen LogP contribution in [0, 0.1) is 0 Å². The molecule has 3 rings (SSSR count). The molecule has 2 saturated heterocycles. The van der Waals surface area contributed by atoms with Crippen molar-refractivity contribution in [2.45, 2.75) is 37.8 Å². The van der Waals surface area contributed by atoms with E-state index in [4.69, 9.17) is 4.74 Å². The number of hydrogen-bond acceptors (Lipinski definition) is 4. The highest BCUT2D eigenvalue weighted by molar-refractivity contribution is 5.76. The molecule has 2 atom stereocenters. The molecule has 0 aliphatic carbocycles. The van der Waals surface area contributed by atoms with Gasteiger partial charge in [-0.25, -0.2) is 0 Å². The second kappa shape index (κ2) is 8.60. The number of rotatable bonds is 6. The zero-order valence-electron chi connectivity index (χ0n) is 14.3. The Labute approximate surface area is 144 Å². The predicted octanol–water partition coefficient (Wildman–Crippen LogP) is 1.82. The maximum atomic E-state index is 12.3. The van der Waals surface area contributed by atoms with Crippen LogP contribution in [-0.4, -0.2) is 66.2 Å². The summed E-state index contributed by atoms with van der Waals surface area (Å²) < 4.78 is 5.30. The molecule has 0 saturated carbocycles. The van der Waals surface area contributed by atoms with Crippen LogP contribution < -0.4 is 0 Å². The molecule has 0 radical (unpaired) electrons. The molecule has 5 nitrogen and oxygen atoms in total. The van der Waals surface area contributed by atoms with Gasteiger partial charge in [-0.2, -0.15) is 0 Å². The SMILES string of the molecule is O=C(CCN1CCC[C@@H]1C[C@H](O)c1ccccc1)N1CCOCC1. The first-order chi connectivity index (χ1) is 11.7. The van der Waals surface area contributed by atoms with Crippen LogP contribution in [0.5, 0.6) is 0 Å². The summed E-state index contributed by atoms with van der Waals surface area (Å²) in [7, 11) is 0. The van der Waals surface area contributed by atoms with Crippen molar-refractivity contribution in [3.8, 4) is 0 Å². The molecule has 1 amide bonds. The summed E-state index contributed by atoms with van der Waals surface area (Å²) in [4.78, 5) is 16.6. The quantitative estimate of drug-likeness (QED) is 0.863. The van der Waals surface area contributed by atoms with Crippen molar-refractivity contribution < 1.29 is 14.6 Å². The van der Waals surface area contributed by atoms with Crippen LogP contribution in [-0.2, 0) is 9.53 Å². The molecule has 24 heavy (non-hydrogen) atoms. The van der Waals surface area contributed by atoms with Gasteiger partial charge in [0.1, 0.15) is 0 Å². The van der Waals surface area contributed by atoms with Gasteiger partial charge >= 0.3 is 0 Å². The molecule has 1 N–H and O–H groups in total. The van der Waals surface area contributed by atoms with E-state index in [1.54, 1.807) is 0 Å². The van der Waals surface area contributed by atoms with E-state index in [1.807, 2.05) is 35.2 Å². The van der Waals surface area contributed by atoms with Crippen LogP contribution in [0.2, 0.25) is 0 Å². The Morgan fingerprint density at radius 3 is 2.71 bits per heavy atom. The minimum Gasteiger partial charge on any atom is -0.388 e. The van der Waals surface area contributed by atoms with Crippen LogP contribution in [0.25, 0.3) is 0 Å². The lowest BCUT2D eigenvalue weighted by molar-refractivity contribution is -0.135. The van der Waals surface area contributed by atoms with Crippen molar-refractivity contribution in [1.29, 1.82) is 0 Å². The van der Waals surface area contributed by atoms with Gasteiger partial charge in [0.25, 0.3) is 0 Å². The molecular formula is C19H28N2O3. The van der Waals surface area contributed by atoms with Crippen molar-refractivity contribution in [3.63, 3.8) is 0 Å². The monoisotopic (exact) mass is 332 g/mol. The molecule has 2 fully saturated rings. The van der Waals surface area contributed by atoms with E-state index in [-0.39, 0.29) is 5.91 Å². The van der Waals surface area contributed by atoms with Gasteiger partial charge in [0.05, 0.1) is 19.3 Å². The van der Waals surface area contributed by atoms with E-state index in [9.17, 15) is 9.90 Å². The number of amides is 1. The maximum Gasteiger partial charge on any atom is 0.224 e. The third-order valence-electron chi connectivity index (χ3n) is 5.16. The van der Waals surface area contributed by atoms with Gasteiger partial charge in [-0.15, -0.1) is 0 Å². The zero-order chi connectivity index (χ0) is 16.8. The van der Waals surface area contributed by atoms with Crippen LogP contribution >= 0.6 is 0 Å². The molecule has 2 heterocycles. The number of aliphatic hydroxyl groups is 1. The van der Waals surface area contributed by atoms with Gasteiger partial charge in [0, 0.05) is 32.1 Å². The predicted molar refractivity (Wildman–Crippen MR) is 92.6 cm³/mol. The highest BCUT2D eigenvalue weighted by Gasteiger charge is 2.28. The lowest BCUT2D eigenvalue weighted by Crippen LogP contribution is -2.42. The summed E-state index contributed by atoms with van der Waals surface area (Å²) in [6.45, 7) is 4.57. The van der Waals surface area contributed by atoms with Crippen LogP contribution in [0.4, 0.5) is 0 Å². The minimum absolute atomic E-state index is 0.229. The van der Waals surface area contributed by atoms with Crippen LogP contribution in [0.3, 0.4) is 0 Å². The smallest absolute Gasteiger partial charge is 0.224 e. The van der Waals surface area contributed by atoms with Crippen molar-refractivity contribution in [3.05, 3.63) is 35.9 Å². The summed E-state index contributed by atoms with van der Waals surface area (Å²) in [5, 5.41) is 10.5. The minimum atomic E-state index is -0.424. The van der Waals surface area contributed by atoms with Crippen LogP contribution in [0.1, 0.15) is 37.4 Å². The van der Waals surface area contributed by atoms with E-state index >= 15 is 0 Å².